The lowest BCUT2D eigenvalue weighted by Crippen LogP contribution is -2.38. The molecule has 5 heteroatoms. The summed E-state index contributed by atoms with van der Waals surface area (Å²) in [6.45, 7) is 3.81. The fourth-order valence-electron chi connectivity index (χ4n) is 1.98. The first-order valence-electron chi connectivity index (χ1n) is 5.21. The highest BCUT2D eigenvalue weighted by Gasteiger charge is 2.34. The van der Waals surface area contributed by atoms with E-state index in [9.17, 15) is 0 Å². The van der Waals surface area contributed by atoms with Crippen LogP contribution >= 0.6 is 22.9 Å². The molecule has 84 valence electrons. The maximum absolute atomic E-state index is 5.80. The number of rotatable bonds is 4. The zero-order chi connectivity index (χ0) is 10.7. The van der Waals surface area contributed by atoms with Crippen molar-refractivity contribution < 1.29 is 4.74 Å². The summed E-state index contributed by atoms with van der Waals surface area (Å²) in [6.07, 6.45) is 3.32. The summed E-state index contributed by atoms with van der Waals surface area (Å²) >= 11 is 7.35. The number of hydrogen-bond acceptors (Lipinski definition) is 4. The first-order chi connectivity index (χ1) is 7.24. The molecular formula is C10H15ClN2OS. The zero-order valence-corrected chi connectivity index (χ0v) is 10.3. The van der Waals surface area contributed by atoms with E-state index in [1.807, 2.05) is 5.38 Å². The SMILES string of the molecule is CCCC1(Nc2nc(Cl)cs2)CCOC1. The van der Waals surface area contributed by atoms with E-state index in [2.05, 4.69) is 17.2 Å². The van der Waals surface area contributed by atoms with Crippen molar-refractivity contribution in [3.63, 3.8) is 0 Å². The van der Waals surface area contributed by atoms with Gasteiger partial charge in [-0.05, 0) is 12.8 Å². The molecule has 0 amide bonds. The predicted octanol–water partition coefficient (Wildman–Crippen LogP) is 3.17. The van der Waals surface area contributed by atoms with E-state index in [0.29, 0.717) is 5.15 Å². The average Bonchev–Trinajstić information content (AvgIpc) is 2.78. The highest BCUT2D eigenvalue weighted by Crippen LogP contribution is 2.30. The largest absolute Gasteiger partial charge is 0.379 e. The van der Waals surface area contributed by atoms with Gasteiger partial charge in [-0.1, -0.05) is 24.9 Å². The third-order valence-corrected chi connectivity index (χ3v) is 3.76. The molecule has 0 aliphatic carbocycles. The molecule has 15 heavy (non-hydrogen) atoms. The minimum absolute atomic E-state index is 0.0793. The van der Waals surface area contributed by atoms with Gasteiger partial charge in [-0.15, -0.1) is 11.3 Å². The lowest BCUT2D eigenvalue weighted by atomic mass is 9.93. The molecule has 1 N–H and O–H groups in total. The minimum Gasteiger partial charge on any atom is -0.379 e. The Morgan fingerprint density at radius 2 is 2.60 bits per heavy atom. The van der Waals surface area contributed by atoms with Crippen LogP contribution in [-0.2, 0) is 4.74 Å². The van der Waals surface area contributed by atoms with Crippen molar-refractivity contribution in [2.45, 2.75) is 31.7 Å². The molecule has 1 aromatic rings. The van der Waals surface area contributed by atoms with Gasteiger partial charge in [0.25, 0.3) is 0 Å². The van der Waals surface area contributed by atoms with Crippen LogP contribution in [0.2, 0.25) is 5.15 Å². The van der Waals surface area contributed by atoms with Crippen molar-refractivity contribution in [2.24, 2.45) is 0 Å². The van der Waals surface area contributed by atoms with Crippen molar-refractivity contribution in [1.29, 1.82) is 0 Å². The maximum atomic E-state index is 5.80. The van der Waals surface area contributed by atoms with Crippen LogP contribution < -0.4 is 5.32 Å². The number of halogens is 1. The summed E-state index contributed by atoms with van der Waals surface area (Å²) in [5.41, 5.74) is 0.0793. The fourth-order valence-corrected chi connectivity index (χ4v) is 2.94. The molecule has 1 aliphatic heterocycles. The Balaban J connectivity index is 2.06. The maximum Gasteiger partial charge on any atom is 0.184 e. The van der Waals surface area contributed by atoms with Crippen molar-refractivity contribution in [1.82, 2.24) is 4.98 Å². The van der Waals surface area contributed by atoms with Crippen LogP contribution in [0.25, 0.3) is 0 Å². The van der Waals surface area contributed by atoms with Gasteiger partial charge in [-0.2, -0.15) is 0 Å². The molecule has 2 heterocycles. The summed E-state index contributed by atoms with van der Waals surface area (Å²) in [5, 5.41) is 6.79. The zero-order valence-electron chi connectivity index (χ0n) is 8.75. The predicted molar refractivity (Wildman–Crippen MR) is 63.8 cm³/mol. The van der Waals surface area contributed by atoms with Crippen molar-refractivity contribution >= 4 is 28.1 Å². The lowest BCUT2D eigenvalue weighted by molar-refractivity contribution is 0.180. The van der Waals surface area contributed by atoms with Gasteiger partial charge in [0.15, 0.2) is 5.13 Å². The normalized spacial score (nSPS) is 25.7. The number of anilines is 1. The summed E-state index contributed by atoms with van der Waals surface area (Å²) in [5.74, 6) is 0. The van der Waals surface area contributed by atoms with E-state index >= 15 is 0 Å². The first-order valence-corrected chi connectivity index (χ1v) is 6.47. The Kier molecular flexibility index (Phi) is 3.49. The van der Waals surface area contributed by atoms with E-state index in [4.69, 9.17) is 16.3 Å². The summed E-state index contributed by atoms with van der Waals surface area (Å²) in [4.78, 5) is 4.22. The number of nitrogens with one attached hydrogen (secondary N) is 1. The standard InChI is InChI=1S/C10H15ClN2OS/c1-2-3-10(4-5-14-7-10)13-9-12-8(11)6-15-9/h6H,2-5,7H2,1H3,(H,12,13). The topological polar surface area (TPSA) is 34.2 Å². The third-order valence-electron chi connectivity index (χ3n) is 2.68. The molecule has 3 nitrogen and oxygen atoms in total. The second-order valence-electron chi connectivity index (χ2n) is 3.93. The van der Waals surface area contributed by atoms with E-state index in [1.54, 1.807) is 11.3 Å². The number of nitrogens with zero attached hydrogens (tertiary/aromatic N) is 1. The van der Waals surface area contributed by atoms with Gasteiger partial charge in [-0.25, -0.2) is 4.98 Å². The molecule has 1 aliphatic rings. The molecule has 1 unspecified atom stereocenters. The Labute approximate surface area is 98.8 Å². The molecule has 1 aromatic heterocycles. The smallest absolute Gasteiger partial charge is 0.184 e. The number of thiazole rings is 1. The second kappa shape index (κ2) is 4.68. The van der Waals surface area contributed by atoms with E-state index in [-0.39, 0.29) is 5.54 Å². The van der Waals surface area contributed by atoms with Crippen molar-refractivity contribution in [3.05, 3.63) is 10.5 Å². The van der Waals surface area contributed by atoms with Crippen molar-refractivity contribution in [2.75, 3.05) is 18.5 Å². The van der Waals surface area contributed by atoms with E-state index in [0.717, 1.165) is 37.6 Å². The average molecular weight is 247 g/mol. The van der Waals surface area contributed by atoms with Gasteiger partial charge in [0.1, 0.15) is 5.15 Å². The number of aromatic nitrogens is 1. The van der Waals surface area contributed by atoms with Crippen LogP contribution in [0.15, 0.2) is 5.38 Å². The van der Waals surface area contributed by atoms with E-state index < -0.39 is 0 Å². The monoisotopic (exact) mass is 246 g/mol. The molecular weight excluding hydrogens is 232 g/mol. The van der Waals surface area contributed by atoms with Crippen LogP contribution in [0.5, 0.6) is 0 Å². The summed E-state index contributed by atoms with van der Waals surface area (Å²) in [6, 6.07) is 0. The van der Waals surface area contributed by atoms with Gasteiger partial charge in [0.05, 0.1) is 12.1 Å². The third kappa shape index (κ3) is 2.62. The summed E-state index contributed by atoms with van der Waals surface area (Å²) < 4.78 is 5.47. The van der Waals surface area contributed by atoms with Crippen LogP contribution in [0.3, 0.4) is 0 Å². The van der Waals surface area contributed by atoms with Crippen LogP contribution in [0.4, 0.5) is 5.13 Å². The summed E-state index contributed by atoms with van der Waals surface area (Å²) in [7, 11) is 0. The highest BCUT2D eigenvalue weighted by molar-refractivity contribution is 7.14. The van der Waals surface area contributed by atoms with Gasteiger partial charge in [0.2, 0.25) is 0 Å². The molecule has 1 atom stereocenters. The minimum atomic E-state index is 0.0793. The molecule has 1 fully saturated rings. The molecule has 0 aromatic carbocycles. The highest BCUT2D eigenvalue weighted by atomic mass is 35.5. The molecule has 2 rings (SSSR count). The van der Waals surface area contributed by atoms with E-state index in [1.165, 1.54) is 0 Å². The molecule has 0 spiro atoms. The first kappa shape index (κ1) is 11.2. The molecule has 0 saturated carbocycles. The molecule has 0 bridgehead atoms. The quantitative estimate of drug-likeness (QED) is 0.886. The van der Waals surface area contributed by atoms with Gasteiger partial charge >= 0.3 is 0 Å². The van der Waals surface area contributed by atoms with Gasteiger partial charge in [-0.3, -0.25) is 0 Å². The Hall–Kier alpha value is -0.320. The van der Waals surface area contributed by atoms with Crippen LogP contribution in [0, 0.1) is 0 Å². The lowest BCUT2D eigenvalue weighted by Gasteiger charge is -2.28. The van der Waals surface area contributed by atoms with Crippen LogP contribution in [0.1, 0.15) is 26.2 Å². The van der Waals surface area contributed by atoms with Crippen LogP contribution in [-0.4, -0.2) is 23.7 Å². The molecule has 1 saturated heterocycles. The van der Waals surface area contributed by atoms with Crippen molar-refractivity contribution in [3.8, 4) is 0 Å². The molecule has 0 radical (unpaired) electrons. The van der Waals surface area contributed by atoms with Gasteiger partial charge < -0.3 is 10.1 Å². The number of hydrogen-bond donors (Lipinski definition) is 1. The second-order valence-corrected chi connectivity index (χ2v) is 5.18. The Bertz CT molecular complexity index is 323. The fraction of sp³-hybridized carbons (Fsp3) is 0.700. The number of ether oxygens (including phenoxy) is 1. The Morgan fingerprint density at radius 3 is 3.13 bits per heavy atom. The van der Waals surface area contributed by atoms with Gasteiger partial charge in [0, 0.05) is 12.0 Å². The Morgan fingerprint density at radius 1 is 1.73 bits per heavy atom.